The minimum atomic E-state index is -3.64. The summed E-state index contributed by atoms with van der Waals surface area (Å²) < 4.78 is 26.2. The monoisotopic (exact) mass is 314 g/mol. The van der Waals surface area contributed by atoms with E-state index in [1.807, 2.05) is 0 Å². The Morgan fingerprint density at radius 3 is 2.52 bits per heavy atom. The molecule has 0 radical (unpaired) electrons. The van der Waals surface area contributed by atoms with E-state index in [1.165, 1.54) is 7.05 Å². The van der Waals surface area contributed by atoms with Crippen molar-refractivity contribution in [2.75, 3.05) is 17.5 Å². The van der Waals surface area contributed by atoms with Crippen LogP contribution in [0, 0.1) is 0 Å². The summed E-state index contributed by atoms with van der Waals surface area (Å²) in [6.45, 7) is 0. The molecule has 0 spiro atoms. The Morgan fingerprint density at radius 1 is 1.24 bits per heavy atom. The molecular formula is C13H18N2O5S. The van der Waals surface area contributed by atoms with E-state index in [2.05, 4.69) is 10.0 Å². The lowest BCUT2D eigenvalue weighted by Crippen LogP contribution is -2.22. The van der Waals surface area contributed by atoms with E-state index in [1.54, 1.807) is 24.3 Å². The van der Waals surface area contributed by atoms with Gasteiger partial charge in [0.05, 0.1) is 17.9 Å². The quantitative estimate of drug-likeness (QED) is 0.650. The van der Waals surface area contributed by atoms with Crippen LogP contribution < -0.4 is 10.0 Å². The fraction of sp³-hybridized carbons (Fsp3) is 0.385. The molecule has 0 bridgehead atoms. The first-order chi connectivity index (χ1) is 9.84. The molecule has 0 aliphatic carbocycles. The summed E-state index contributed by atoms with van der Waals surface area (Å²) in [5, 5.41) is 11.0. The van der Waals surface area contributed by atoms with Crippen molar-refractivity contribution in [3.05, 3.63) is 29.8 Å². The standard InChI is InChI=1S/C13H18N2O5S/c1-14-12(16)9-10-5-2-3-6-11(10)15-21(19,20)8-4-7-13(17)18/h2-3,5-6,15H,4,7-9H2,1H3,(H,14,16)(H,17,18). The van der Waals surface area contributed by atoms with Crippen LogP contribution >= 0.6 is 0 Å². The Kier molecular flexibility index (Phi) is 6.16. The molecule has 1 aromatic carbocycles. The smallest absolute Gasteiger partial charge is 0.303 e. The number of aliphatic carboxylic acids is 1. The van der Waals surface area contributed by atoms with Gasteiger partial charge in [-0.15, -0.1) is 0 Å². The SMILES string of the molecule is CNC(=O)Cc1ccccc1NS(=O)(=O)CCCC(=O)O. The lowest BCUT2D eigenvalue weighted by Gasteiger charge is -2.12. The van der Waals surface area contributed by atoms with Crippen LogP contribution in [0.2, 0.25) is 0 Å². The fourth-order valence-corrected chi connectivity index (χ4v) is 2.83. The van der Waals surface area contributed by atoms with Crippen LogP contribution in [0.1, 0.15) is 18.4 Å². The number of nitrogens with one attached hydrogen (secondary N) is 2. The van der Waals surface area contributed by atoms with Gasteiger partial charge in [0.15, 0.2) is 0 Å². The number of hydrogen-bond donors (Lipinski definition) is 3. The summed E-state index contributed by atoms with van der Waals surface area (Å²) in [5.41, 5.74) is 0.884. The number of carboxylic acids is 1. The number of hydrogen-bond acceptors (Lipinski definition) is 4. The van der Waals surface area contributed by atoms with Crippen molar-refractivity contribution in [3.63, 3.8) is 0 Å². The topological polar surface area (TPSA) is 113 Å². The van der Waals surface area contributed by atoms with Gasteiger partial charge in [-0.1, -0.05) is 18.2 Å². The van der Waals surface area contributed by atoms with Crippen LogP contribution in [0.15, 0.2) is 24.3 Å². The van der Waals surface area contributed by atoms with E-state index >= 15 is 0 Å². The Bertz CT molecular complexity index is 613. The third kappa shape index (κ3) is 6.26. The van der Waals surface area contributed by atoms with Crippen molar-refractivity contribution in [1.29, 1.82) is 0 Å². The number of para-hydroxylation sites is 1. The number of likely N-dealkylation sites (N-methyl/N-ethyl adjacent to an activating group) is 1. The second-order valence-corrected chi connectivity index (χ2v) is 6.27. The predicted molar refractivity (Wildman–Crippen MR) is 78.5 cm³/mol. The van der Waals surface area contributed by atoms with Gasteiger partial charge in [0.25, 0.3) is 0 Å². The van der Waals surface area contributed by atoms with Crippen LogP contribution in [-0.4, -0.2) is 38.2 Å². The summed E-state index contributed by atoms with van der Waals surface area (Å²) in [6, 6.07) is 6.58. The van der Waals surface area contributed by atoms with Gasteiger partial charge in [0, 0.05) is 13.5 Å². The van der Waals surface area contributed by atoms with Gasteiger partial charge >= 0.3 is 5.97 Å². The van der Waals surface area contributed by atoms with Crippen LogP contribution in [-0.2, 0) is 26.0 Å². The van der Waals surface area contributed by atoms with Gasteiger partial charge in [0.2, 0.25) is 15.9 Å². The molecule has 0 aliphatic heterocycles. The highest BCUT2D eigenvalue weighted by Gasteiger charge is 2.14. The summed E-state index contributed by atoms with van der Waals surface area (Å²) in [4.78, 5) is 21.8. The van der Waals surface area contributed by atoms with Crippen molar-refractivity contribution in [2.45, 2.75) is 19.3 Å². The van der Waals surface area contributed by atoms with Crippen LogP contribution in [0.3, 0.4) is 0 Å². The number of anilines is 1. The molecule has 0 fully saturated rings. The van der Waals surface area contributed by atoms with Gasteiger partial charge in [-0.2, -0.15) is 0 Å². The number of rotatable bonds is 8. The minimum Gasteiger partial charge on any atom is -0.481 e. The van der Waals surface area contributed by atoms with Crippen molar-refractivity contribution in [2.24, 2.45) is 0 Å². The normalized spacial score (nSPS) is 10.9. The zero-order valence-electron chi connectivity index (χ0n) is 11.6. The van der Waals surface area contributed by atoms with Gasteiger partial charge in [-0.05, 0) is 18.1 Å². The zero-order valence-corrected chi connectivity index (χ0v) is 12.4. The first-order valence-electron chi connectivity index (χ1n) is 6.35. The summed E-state index contributed by atoms with van der Waals surface area (Å²) in [7, 11) is -2.14. The fourth-order valence-electron chi connectivity index (χ4n) is 1.67. The summed E-state index contributed by atoms with van der Waals surface area (Å²) in [5.74, 6) is -1.55. The van der Waals surface area contributed by atoms with Crippen molar-refractivity contribution >= 4 is 27.6 Å². The molecule has 3 N–H and O–H groups in total. The summed E-state index contributed by atoms with van der Waals surface area (Å²) in [6.07, 6.45) is -0.118. The molecule has 116 valence electrons. The minimum absolute atomic E-state index is 0.0300. The third-order valence-corrected chi connectivity index (χ3v) is 4.07. The third-order valence-electron chi connectivity index (χ3n) is 2.72. The largest absolute Gasteiger partial charge is 0.481 e. The zero-order chi connectivity index (χ0) is 15.9. The number of sulfonamides is 1. The van der Waals surface area contributed by atoms with Crippen LogP contribution in [0.4, 0.5) is 5.69 Å². The highest BCUT2D eigenvalue weighted by Crippen LogP contribution is 2.17. The molecule has 0 saturated carbocycles. The van der Waals surface area contributed by atoms with Gasteiger partial charge in [-0.25, -0.2) is 8.42 Å². The predicted octanol–water partition coefficient (Wildman–Crippen LogP) is 0.582. The molecule has 0 saturated heterocycles. The van der Waals surface area contributed by atoms with E-state index in [4.69, 9.17) is 5.11 Å². The number of carboxylic acid groups (broad SMARTS) is 1. The molecule has 0 atom stereocenters. The van der Waals surface area contributed by atoms with Gasteiger partial charge in [-0.3, -0.25) is 14.3 Å². The Labute approximate surface area is 123 Å². The highest BCUT2D eigenvalue weighted by atomic mass is 32.2. The first kappa shape index (κ1) is 17.0. The Hall–Kier alpha value is -2.09. The second kappa shape index (κ2) is 7.63. The van der Waals surface area contributed by atoms with Gasteiger partial charge < -0.3 is 10.4 Å². The molecular weight excluding hydrogens is 296 g/mol. The maximum absolute atomic E-state index is 11.9. The molecule has 0 aliphatic rings. The summed E-state index contributed by atoms with van der Waals surface area (Å²) >= 11 is 0. The lowest BCUT2D eigenvalue weighted by molar-refractivity contribution is -0.137. The molecule has 0 aromatic heterocycles. The van der Waals surface area contributed by atoms with Gasteiger partial charge in [0.1, 0.15) is 0 Å². The molecule has 1 rings (SSSR count). The first-order valence-corrected chi connectivity index (χ1v) is 8.00. The second-order valence-electron chi connectivity index (χ2n) is 4.43. The van der Waals surface area contributed by atoms with Crippen LogP contribution in [0.5, 0.6) is 0 Å². The van der Waals surface area contributed by atoms with Crippen LogP contribution in [0.25, 0.3) is 0 Å². The molecule has 7 nitrogen and oxygen atoms in total. The average Bonchev–Trinajstić information content (AvgIpc) is 2.39. The Balaban J connectivity index is 2.77. The number of amides is 1. The van der Waals surface area contributed by atoms with E-state index in [9.17, 15) is 18.0 Å². The number of carbonyl (C=O) groups is 2. The van der Waals surface area contributed by atoms with Crippen molar-refractivity contribution in [3.8, 4) is 0 Å². The molecule has 1 aromatic rings. The van der Waals surface area contributed by atoms with E-state index in [0.717, 1.165) is 0 Å². The van der Waals surface area contributed by atoms with E-state index in [-0.39, 0.29) is 30.9 Å². The number of benzene rings is 1. The highest BCUT2D eigenvalue weighted by molar-refractivity contribution is 7.92. The molecule has 21 heavy (non-hydrogen) atoms. The van der Waals surface area contributed by atoms with Crippen molar-refractivity contribution in [1.82, 2.24) is 5.32 Å². The number of carbonyl (C=O) groups excluding carboxylic acids is 1. The van der Waals surface area contributed by atoms with Crippen molar-refractivity contribution < 1.29 is 23.1 Å². The maximum atomic E-state index is 11.9. The molecule has 8 heteroatoms. The molecule has 0 heterocycles. The van der Waals surface area contributed by atoms with E-state index < -0.39 is 16.0 Å². The van der Waals surface area contributed by atoms with E-state index in [0.29, 0.717) is 11.3 Å². The lowest BCUT2D eigenvalue weighted by atomic mass is 10.1. The molecule has 1 amide bonds. The maximum Gasteiger partial charge on any atom is 0.303 e. The average molecular weight is 314 g/mol. The molecule has 0 unspecified atom stereocenters. The Morgan fingerprint density at radius 2 is 1.90 bits per heavy atom.